The molecule has 0 saturated carbocycles. The number of nitrogens with one attached hydrogen (secondary N) is 1. The topological polar surface area (TPSA) is 61.3 Å². The number of hydrogen-bond acceptors (Lipinski definition) is 5. The van der Waals surface area contributed by atoms with Gasteiger partial charge in [-0.25, -0.2) is 0 Å². The van der Waals surface area contributed by atoms with Crippen molar-refractivity contribution in [2.45, 2.75) is 17.5 Å². The van der Waals surface area contributed by atoms with Crippen LogP contribution < -0.4 is 10.2 Å². The Labute approximate surface area is 110 Å². The standard InChI is InChI=1S/C11H17AsN4O/c12-9-2-4-16(8-9)10-6-11(15-14-7-10)13-3-1-5-17/h6-7,9,17H,1-5,8H2,(H,13,15)/t9-/m0/s1. The number of anilines is 2. The van der Waals surface area contributed by atoms with Crippen molar-refractivity contribution >= 4 is 28.4 Å². The average Bonchev–Trinajstić information content (AvgIpc) is 2.77. The first-order valence-corrected chi connectivity index (χ1v) is 6.98. The Hall–Kier alpha value is -0.802. The third-order valence-electron chi connectivity index (χ3n) is 2.81. The van der Waals surface area contributed by atoms with Crippen molar-refractivity contribution in [1.29, 1.82) is 0 Å². The van der Waals surface area contributed by atoms with Gasteiger partial charge in [-0.2, -0.15) is 0 Å². The van der Waals surface area contributed by atoms with Crippen LogP contribution in [0.1, 0.15) is 12.8 Å². The van der Waals surface area contributed by atoms with Gasteiger partial charge in [-0.1, -0.05) is 0 Å². The fraction of sp³-hybridized carbons (Fsp3) is 0.636. The van der Waals surface area contributed by atoms with Crippen LogP contribution in [0, 0.1) is 0 Å². The van der Waals surface area contributed by atoms with Crippen molar-refractivity contribution in [3.8, 4) is 0 Å². The summed E-state index contributed by atoms with van der Waals surface area (Å²) >= 11 is 2.72. The molecule has 1 aromatic heterocycles. The first kappa shape index (κ1) is 12.7. The van der Waals surface area contributed by atoms with Crippen molar-refractivity contribution in [3.63, 3.8) is 0 Å². The van der Waals surface area contributed by atoms with Crippen LogP contribution in [-0.2, 0) is 0 Å². The summed E-state index contributed by atoms with van der Waals surface area (Å²) in [5.74, 6) is 0.782. The molecule has 2 radical (unpaired) electrons. The zero-order valence-corrected chi connectivity index (χ0v) is 11.6. The van der Waals surface area contributed by atoms with E-state index in [4.69, 9.17) is 5.11 Å². The Bertz CT molecular complexity index is 363. The number of rotatable bonds is 5. The molecule has 2 N–H and O–H groups in total. The van der Waals surface area contributed by atoms with Crippen molar-refractivity contribution < 1.29 is 5.11 Å². The summed E-state index contributed by atoms with van der Waals surface area (Å²) in [5.41, 5.74) is 1.13. The maximum absolute atomic E-state index is 8.71. The molecule has 0 bridgehead atoms. The van der Waals surface area contributed by atoms with Gasteiger partial charge in [-0.15, -0.1) is 0 Å². The third-order valence-corrected chi connectivity index (χ3v) is 3.69. The summed E-state index contributed by atoms with van der Waals surface area (Å²) in [5, 5.41) is 19.9. The van der Waals surface area contributed by atoms with E-state index in [-0.39, 0.29) is 6.61 Å². The van der Waals surface area contributed by atoms with Crippen LogP contribution in [0.3, 0.4) is 0 Å². The van der Waals surface area contributed by atoms with Gasteiger partial charge in [-0.3, -0.25) is 0 Å². The zero-order chi connectivity index (χ0) is 12.1. The number of nitrogens with zero attached hydrogens (tertiary/aromatic N) is 3. The van der Waals surface area contributed by atoms with Gasteiger partial charge in [0, 0.05) is 0 Å². The predicted octanol–water partition coefficient (Wildman–Crippen LogP) is 0.438. The zero-order valence-electron chi connectivity index (χ0n) is 9.71. The number of aliphatic hydroxyl groups is 1. The van der Waals surface area contributed by atoms with E-state index in [0.717, 1.165) is 37.6 Å². The molecule has 1 saturated heterocycles. The molecular formula is C11H17AsN4O. The van der Waals surface area contributed by atoms with Gasteiger partial charge < -0.3 is 0 Å². The minimum absolute atomic E-state index is 0.196. The summed E-state index contributed by atoms with van der Waals surface area (Å²) in [6.07, 6.45) is 3.75. The fourth-order valence-corrected chi connectivity index (χ4v) is 2.54. The normalized spacial score (nSPS) is 19.6. The van der Waals surface area contributed by atoms with Crippen LogP contribution in [0.5, 0.6) is 0 Å². The summed E-state index contributed by atoms with van der Waals surface area (Å²) in [7, 11) is 0. The van der Waals surface area contributed by atoms with Crippen molar-refractivity contribution in [1.82, 2.24) is 10.2 Å². The molecule has 5 nitrogen and oxygen atoms in total. The molecule has 92 valence electrons. The van der Waals surface area contributed by atoms with Crippen LogP contribution in [0.15, 0.2) is 12.3 Å². The monoisotopic (exact) mass is 296 g/mol. The molecule has 1 fully saturated rings. The summed E-state index contributed by atoms with van der Waals surface area (Å²) in [4.78, 5) is 2.33. The number of aliphatic hydroxyl groups excluding tert-OH is 1. The Morgan fingerprint density at radius 2 is 2.47 bits per heavy atom. The van der Waals surface area contributed by atoms with Gasteiger partial charge in [-0.05, 0) is 0 Å². The Morgan fingerprint density at radius 1 is 1.59 bits per heavy atom. The second-order valence-electron chi connectivity index (χ2n) is 4.19. The second-order valence-corrected chi connectivity index (χ2v) is 5.72. The molecule has 1 aliphatic rings. The Balaban J connectivity index is 1.96. The van der Waals surface area contributed by atoms with Crippen LogP contribution in [0.2, 0.25) is 4.71 Å². The van der Waals surface area contributed by atoms with Crippen molar-refractivity contribution in [2.24, 2.45) is 0 Å². The van der Waals surface area contributed by atoms with E-state index in [0.29, 0.717) is 4.71 Å². The Morgan fingerprint density at radius 3 is 3.18 bits per heavy atom. The number of hydrogen-bond donors (Lipinski definition) is 2. The van der Waals surface area contributed by atoms with Gasteiger partial charge in [0.2, 0.25) is 0 Å². The molecule has 6 heteroatoms. The van der Waals surface area contributed by atoms with E-state index >= 15 is 0 Å². The molecule has 0 amide bonds. The van der Waals surface area contributed by atoms with Gasteiger partial charge in [0.05, 0.1) is 0 Å². The van der Waals surface area contributed by atoms with E-state index in [1.807, 2.05) is 12.3 Å². The molecule has 1 aliphatic heterocycles. The fourth-order valence-electron chi connectivity index (χ4n) is 1.89. The van der Waals surface area contributed by atoms with Gasteiger partial charge in [0.1, 0.15) is 0 Å². The SMILES string of the molecule is OCCCNc1cc(N2CC[C@H]([As])C2)cnn1. The molecule has 0 spiro atoms. The molecular weight excluding hydrogens is 279 g/mol. The van der Waals surface area contributed by atoms with Gasteiger partial charge >= 0.3 is 110 Å². The molecule has 2 heterocycles. The molecule has 1 aromatic rings. The quantitative estimate of drug-likeness (QED) is 0.610. The average molecular weight is 296 g/mol. The molecule has 17 heavy (non-hydrogen) atoms. The van der Waals surface area contributed by atoms with Gasteiger partial charge in [0.15, 0.2) is 0 Å². The van der Waals surface area contributed by atoms with E-state index < -0.39 is 0 Å². The van der Waals surface area contributed by atoms with Crippen molar-refractivity contribution in [2.75, 3.05) is 36.5 Å². The molecule has 0 unspecified atom stereocenters. The summed E-state index contributed by atoms with van der Waals surface area (Å²) in [6.45, 7) is 3.08. The maximum atomic E-state index is 8.71. The summed E-state index contributed by atoms with van der Waals surface area (Å²) < 4.78 is 0.696. The van der Waals surface area contributed by atoms with Crippen molar-refractivity contribution in [3.05, 3.63) is 12.3 Å². The van der Waals surface area contributed by atoms with E-state index in [2.05, 4.69) is 37.3 Å². The van der Waals surface area contributed by atoms with E-state index in [1.54, 1.807) is 0 Å². The Kier molecular flexibility index (Phi) is 4.63. The first-order valence-electron chi connectivity index (χ1n) is 5.90. The van der Waals surface area contributed by atoms with Gasteiger partial charge in [0.25, 0.3) is 0 Å². The molecule has 1 atom stereocenters. The third kappa shape index (κ3) is 3.58. The van der Waals surface area contributed by atoms with Crippen LogP contribution in [0.25, 0.3) is 0 Å². The number of aromatic nitrogens is 2. The summed E-state index contributed by atoms with van der Waals surface area (Å²) in [6, 6.07) is 2.02. The first-order chi connectivity index (χ1) is 8.29. The van der Waals surface area contributed by atoms with Crippen LogP contribution in [-0.4, -0.2) is 58.4 Å². The van der Waals surface area contributed by atoms with E-state index in [9.17, 15) is 0 Å². The van der Waals surface area contributed by atoms with Crippen LogP contribution >= 0.6 is 0 Å². The minimum atomic E-state index is 0.196. The van der Waals surface area contributed by atoms with E-state index in [1.165, 1.54) is 6.42 Å². The predicted molar refractivity (Wildman–Crippen MR) is 68.6 cm³/mol. The molecule has 0 aromatic carbocycles. The second kappa shape index (κ2) is 6.22. The molecule has 0 aliphatic carbocycles. The van der Waals surface area contributed by atoms with Crippen LogP contribution in [0.4, 0.5) is 11.5 Å². The molecule has 2 rings (SSSR count).